The zero-order valence-electron chi connectivity index (χ0n) is 12.1. The molecular formula is C16H24N2O2. The fourth-order valence-electron chi connectivity index (χ4n) is 4.88. The highest BCUT2D eigenvalue weighted by molar-refractivity contribution is 6.05. The molecule has 1 spiro atoms. The van der Waals surface area contributed by atoms with Gasteiger partial charge in [0.15, 0.2) is 0 Å². The Kier molecular flexibility index (Phi) is 2.92. The summed E-state index contributed by atoms with van der Waals surface area (Å²) in [5.74, 6) is 0.342. The molecule has 4 aliphatic rings. The number of rotatable bonds is 1. The first-order valence-corrected chi connectivity index (χ1v) is 8.32. The van der Waals surface area contributed by atoms with Crippen molar-refractivity contribution in [2.75, 3.05) is 6.54 Å². The zero-order chi connectivity index (χ0) is 13.7. The van der Waals surface area contributed by atoms with Gasteiger partial charge in [-0.25, -0.2) is 0 Å². The molecule has 4 fully saturated rings. The summed E-state index contributed by atoms with van der Waals surface area (Å²) in [7, 11) is 0. The van der Waals surface area contributed by atoms with Crippen molar-refractivity contribution in [1.82, 2.24) is 10.2 Å². The first-order valence-electron chi connectivity index (χ1n) is 8.32. The normalized spacial score (nSPS) is 39.8. The molecule has 4 nitrogen and oxygen atoms in total. The van der Waals surface area contributed by atoms with Crippen molar-refractivity contribution in [1.29, 1.82) is 0 Å². The molecule has 2 saturated heterocycles. The Hall–Kier alpha value is -0.900. The largest absolute Gasteiger partial charge is 0.311 e. The summed E-state index contributed by atoms with van der Waals surface area (Å²) in [4.78, 5) is 27.0. The van der Waals surface area contributed by atoms with E-state index in [4.69, 9.17) is 0 Å². The summed E-state index contributed by atoms with van der Waals surface area (Å²) in [6.07, 6.45) is 9.74. The van der Waals surface area contributed by atoms with Crippen molar-refractivity contribution in [3.05, 3.63) is 0 Å². The maximum atomic E-state index is 12.7. The van der Waals surface area contributed by atoms with Crippen LogP contribution in [0.5, 0.6) is 0 Å². The predicted octanol–water partition coefficient (Wildman–Crippen LogP) is 1.84. The number of carbonyl (C=O) groups excluding carboxylic acids is 2. The molecule has 3 unspecified atom stereocenters. The molecule has 3 atom stereocenters. The van der Waals surface area contributed by atoms with Crippen LogP contribution in [0.3, 0.4) is 0 Å². The van der Waals surface area contributed by atoms with Crippen molar-refractivity contribution in [2.45, 2.75) is 69.4 Å². The second kappa shape index (κ2) is 4.55. The lowest BCUT2D eigenvalue weighted by atomic mass is 9.70. The standard InChI is InChI=1S/C16H24N2O2/c19-14-12-4-1-2-5-13(12)15(20)18(14)11-6-9-17-16(10-11)7-3-8-16/h11-13,17H,1-10H2. The molecule has 20 heavy (non-hydrogen) atoms. The van der Waals surface area contributed by atoms with Crippen LogP contribution in [-0.4, -0.2) is 34.8 Å². The molecule has 2 heterocycles. The summed E-state index contributed by atoms with van der Waals surface area (Å²) in [6.45, 7) is 0.955. The van der Waals surface area contributed by atoms with E-state index in [1.54, 1.807) is 4.90 Å². The molecule has 0 bridgehead atoms. The van der Waals surface area contributed by atoms with E-state index in [0.717, 1.165) is 45.1 Å². The number of imide groups is 1. The minimum Gasteiger partial charge on any atom is -0.311 e. The molecule has 0 aromatic rings. The average molecular weight is 276 g/mol. The Morgan fingerprint density at radius 2 is 1.60 bits per heavy atom. The molecule has 0 aromatic carbocycles. The van der Waals surface area contributed by atoms with Crippen LogP contribution in [0.25, 0.3) is 0 Å². The molecule has 2 aliphatic heterocycles. The number of nitrogens with zero attached hydrogens (tertiary/aromatic N) is 1. The molecule has 110 valence electrons. The summed E-state index contributed by atoms with van der Waals surface area (Å²) < 4.78 is 0. The maximum Gasteiger partial charge on any atom is 0.233 e. The first kappa shape index (κ1) is 12.8. The van der Waals surface area contributed by atoms with Gasteiger partial charge in [-0.3, -0.25) is 14.5 Å². The number of amides is 2. The monoisotopic (exact) mass is 276 g/mol. The number of piperidine rings is 1. The van der Waals surface area contributed by atoms with Crippen LogP contribution in [0.15, 0.2) is 0 Å². The number of hydrogen-bond donors (Lipinski definition) is 1. The van der Waals surface area contributed by atoms with Gasteiger partial charge in [0.1, 0.15) is 0 Å². The molecule has 2 saturated carbocycles. The molecule has 4 heteroatoms. The van der Waals surface area contributed by atoms with Crippen LogP contribution < -0.4 is 5.32 Å². The van der Waals surface area contributed by atoms with E-state index >= 15 is 0 Å². The van der Waals surface area contributed by atoms with E-state index in [0.29, 0.717) is 0 Å². The van der Waals surface area contributed by atoms with Crippen LogP contribution in [0.4, 0.5) is 0 Å². The van der Waals surface area contributed by atoms with Crippen LogP contribution in [-0.2, 0) is 9.59 Å². The number of likely N-dealkylation sites (tertiary alicyclic amines) is 1. The minimum absolute atomic E-state index is 0.0171. The Morgan fingerprint density at radius 3 is 2.15 bits per heavy atom. The second-order valence-corrected chi connectivity index (χ2v) is 7.25. The lowest BCUT2D eigenvalue weighted by molar-refractivity contribution is -0.144. The average Bonchev–Trinajstić information content (AvgIpc) is 2.70. The maximum absolute atomic E-state index is 12.7. The number of fused-ring (bicyclic) bond motifs is 1. The number of hydrogen-bond acceptors (Lipinski definition) is 3. The third kappa shape index (κ3) is 1.77. The van der Waals surface area contributed by atoms with E-state index in [1.807, 2.05) is 0 Å². The van der Waals surface area contributed by atoms with Crippen molar-refractivity contribution in [3.8, 4) is 0 Å². The SMILES string of the molecule is O=C1C2CCCCC2C(=O)N1C1CCNC2(CCC2)C1. The van der Waals surface area contributed by atoms with Gasteiger partial charge >= 0.3 is 0 Å². The molecule has 2 aliphatic carbocycles. The molecule has 1 N–H and O–H groups in total. The van der Waals surface area contributed by atoms with E-state index in [1.165, 1.54) is 19.3 Å². The number of carbonyl (C=O) groups is 2. The smallest absolute Gasteiger partial charge is 0.233 e. The van der Waals surface area contributed by atoms with Crippen LogP contribution in [0.2, 0.25) is 0 Å². The quantitative estimate of drug-likeness (QED) is 0.743. The topological polar surface area (TPSA) is 49.4 Å². The first-order chi connectivity index (χ1) is 9.70. The lowest BCUT2D eigenvalue weighted by Gasteiger charge is -2.49. The summed E-state index contributed by atoms with van der Waals surface area (Å²) in [6, 6.07) is 0.169. The van der Waals surface area contributed by atoms with Crippen LogP contribution in [0, 0.1) is 11.8 Å². The third-order valence-electron chi connectivity index (χ3n) is 6.15. The molecule has 2 amide bonds. The summed E-state index contributed by atoms with van der Waals surface area (Å²) >= 11 is 0. The van der Waals surface area contributed by atoms with E-state index < -0.39 is 0 Å². The van der Waals surface area contributed by atoms with Gasteiger partial charge in [-0.05, 0) is 51.5 Å². The van der Waals surface area contributed by atoms with Gasteiger partial charge in [-0.15, -0.1) is 0 Å². The van der Waals surface area contributed by atoms with E-state index in [2.05, 4.69) is 5.32 Å². The fraction of sp³-hybridized carbons (Fsp3) is 0.875. The van der Waals surface area contributed by atoms with Gasteiger partial charge in [0.2, 0.25) is 11.8 Å². The van der Waals surface area contributed by atoms with E-state index in [-0.39, 0.29) is 35.2 Å². The van der Waals surface area contributed by atoms with Gasteiger partial charge in [0.05, 0.1) is 11.8 Å². The highest BCUT2D eigenvalue weighted by Gasteiger charge is 2.52. The lowest BCUT2D eigenvalue weighted by Crippen LogP contribution is -2.60. The third-order valence-corrected chi connectivity index (χ3v) is 6.15. The van der Waals surface area contributed by atoms with E-state index in [9.17, 15) is 9.59 Å². The molecule has 0 aromatic heterocycles. The van der Waals surface area contributed by atoms with Gasteiger partial charge in [-0.2, -0.15) is 0 Å². The summed E-state index contributed by atoms with van der Waals surface area (Å²) in [5.41, 5.74) is 0.247. The zero-order valence-corrected chi connectivity index (χ0v) is 12.1. The molecule has 0 radical (unpaired) electrons. The van der Waals surface area contributed by atoms with Crippen molar-refractivity contribution in [2.24, 2.45) is 11.8 Å². The minimum atomic E-state index is 0.0171. The highest BCUT2D eigenvalue weighted by Crippen LogP contribution is 2.44. The fourth-order valence-corrected chi connectivity index (χ4v) is 4.88. The Morgan fingerprint density at radius 1 is 0.950 bits per heavy atom. The van der Waals surface area contributed by atoms with Crippen molar-refractivity contribution in [3.63, 3.8) is 0 Å². The summed E-state index contributed by atoms with van der Waals surface area (Å²) in [5, 5.41) is 3.63. The molecule has 4 rings (SSSR count). The Balaban J connectivity index is 1.55. The second-order valence-electron chi connectivity index (χ2n) is 7.25. The number of nitrogens with one attached hydrogen (secondary N) is 1. The van der Waals surface area contributed by atoms with Gasteiger partial charge in [-0.1, -0.05) is 12.8 Å². The Bertz CT molecular complexity index is 420. The van der Waals surface area contributed by atoms with Crippen LogP contribution >= 0.6 is 0 Å². The van der Waals surface area contributed by atoms with Crippen molar-refractivity contribution < 1.29 is 9.59 Å². The Labute approximate surface area is 120 Å². The van der Waals surface area contributed by atoms with Gasteiger partial charge < -0.3 is 5.32 Å². The van der Waals surface area contributed by atoms with Gasteiger partial charge in [0.25, 0.3) is 0 Å². The van der Waals surface area contributed by atoms with Crippen molar-refractivity contribution >= 4 is 11.8 Å². The van der Waals surface area contributed by atoms with Crippen LogP contribution in [0.1, 0.15) is 57.8 Å². The highest BCUT2D eigenvalue weighted by atomic mass is 16.2. The molecular weight excluding hydrogens is 252 g/mol. The predicted molar refractivity (Wildman–Crippen MR) is 74.9 cm³/mol. The van der Waals surface area contributed by atoms with Gasteiger partial charge in [0, 0.05) is 11.6 Å².